The first-order chi connectivity index (χ1) is 26.9. The second-order valence-electron chi connectivity index (χ2n) is 13.7. The van der Waals surface area contributed by atoms with E-state index in [0.717, 1.165) is 60.3 Å². The summed E-state index contributed by atoms with van der Waals surface area (Å²) in [5.41, 5.74) is 10.3. The van der Waals surface area contributed by atoms with E-state index in [1.807, 2.05) is 18.2 Å². The van der Waals surface area contributed by atoms with Crippen LogP contribution in [0.15, 0.2) is 145 Å². The van der Waals surface area contributed by atoms with Gasteiger partial charge in [-0.2, -0.15) is 0 Å². The first-order valence-electron chi connectivity index (χ1n) is 18.5. The molecule has 0 atom stereocenters. The summed E-state index contributed by atoms with van der Waals surface area (Å²) in [6.07, 6.45) is 7.79. The Labute approximate surface area is 325 Å². The van der Waals surface area contributed by atoms with Crippen molar-refractivity contribution in [3.8, 4) is 0 Å². The Kier molecular flexibility index (Phi) is 10.2. The van der Waals surface area contributed by atoms with E-state index in [1.165, 1.54) is 51.3 Å². The molecule has 0 aliphatic carbocycles. The van der Waals surface area contributed by atoms with Crippen LogP contribution in [0.5, 0.6) is 0 Å². The number of hydrogen-bond donors (Lipinski definition) is 3. The summed E-state index contributed by atoms with van der Waals surface area (Å²) >= 11 is 1.45. The lowest BCUT2D eigenvalue weighted by Gasteiger charge is -2.32. The number of nitrogens with zero attached hydrogens (tertiary/aromatic N) is 2. The number of nitrogens with one attached hydrogen (secondary N) is 2. The quantitative estimate of drug-likeness (QED) is 0.0960. The zero-order chi connectivity index (χ0) is 37.7. The topological polar surface area (TPSA) is 96.7 Å². The van der Waals surface area contributed by atoms with E-state index in [4.69, 9.17) is 5.41 Å². The number of carbonyl (C=O) groups excluding carboxylic acids is 1. The van der Waals surface area contributed by atoms with Crippen LogP contribution in [0.2, 0.25) is 0 Å². The molecule has 8 rings (SSSR count). The van der Waals surface area contributed by atoms with E-state index >= 15 is 0 Å². The number of carbonyl (C=O) groups is 2. The van der Waals surface area contributed by atoms with Crippen LogP contribution in [0.4, 0.5) is 28.4 Å². The first kappa shape index (κ1) is 35.5. The lowest BCUT2D eigenvalue weighted by atomic mass is 9.90. The fourth-order valence-electron chi connectivity index (χ4n) is 7.51. The predicted octanol–water partition coefficient (Wildman–Crippen LogP) is 10.6. The normalized spacial score (nSPS) is 13.7. The molecule has 0 spiro atoms. The minimum absolute atomic E-state index is 0.218. The van der Waals surface area contributed by atoms with E-state index in [2.05, 4.69) is 118 Å². The van der Waals surface area contributed by atoms with Crippen molar-refractivity contribution in [1.82, 2.24) is 0 Å². The van der Waals surface area contributed by atoms with Crippen LogP contribution < -0.4 is 15.1 Å². The highest BCUT2D eigenvalue weighted by molar-refractivity contribution is 7.13. The van der Waals surface area contributed by atoms with E-state index in [1.54, 1.807) is 24.3 Å². The second kappa shape index (κ2) is 15.8. The molecular weight excluding hydrogens is 701 g/mol. The van der Waals surface area contributed by atoms with Crippen LogP contribution in [0, 0.1) is 5.41 Å². The summed E-state index contributed by atoms with van der Waals surface area (Å²) in [4.78, 5) is 31.6. The zero-order valence-corrected chi connectivity index (χ0v) is 31.1. The fraction of sp³-hybridized carbons (Fsp3) is 0.128. The Balaban J connectivity index is 1.19. The lowest BCUT2D eigenvalue weighted by molar-refractivity contribution is -0.129. The molecule has 3 heterocycles. The van der Waals surface area contributed by atoms with Crippen LogP contribution in [0.1, 0.15) is 44.8 Å². The van der Waals surface area contributed by atoms with Gasteiger partial charge in [-0.3, -0.25) is 10.2 Å². The van der Waals surface area contributed by atoms with Gasteiger partial charge in [-0.15, -0.1) is 11.3 Å². The standard InChI is InChI=1S/C47H40N4O3S/c48-45(47(53)54)42(46(52)49-36-14-4-1-5-15-36)31-40-23-22-39(55-40)30-41(32-20-24-43-34(28-32)12-10-26-50(43)37-16-6-2-7-17-37)33-21-25-44-35(29-33)13-11-27-51(44)38-18-8-3-9-19-38/h1-9,14-25,28-31,48H,10-13,26-27H2,(H,49,52)(H,53,54)/b42-31-,48-45?. The van der Waals surface area contributed by atoms with Crippen molar-refractivity contribution in [2.75, 3.05) is 28.2 Å². The van der Waals surface area contributed by atoms with Gasteiger partial charge in [0, 0.05) is 51.3 Å². The van der Waals surface area contributed by atoms with Crippen LogP contribution in [0.3, 0.4) is 0 Å². The maximum Gasteiger partial charge on any atom is 0.354 e. The van der Waals surface area contributed by atoms with Gasteiger partial charge in [0.2, 0.25) is 0 Å². The molecule has 0 fully saturated rings. The second-order valence-corrected chi connectivity index (χ2v) is 14.9. The zero-order valence-electron chi connectivity index (χ0n) is 30.2. The highest BCUT2D eigenvalue weighted by Gasteiger charge is 2.24. The van der Waals surface area contributed by atoms with Gasteiger partial charge in [-0.25, -0.2) is 4.79 Å². The van der Waals surface area contributed by atoms with Crippen LogP contribution >= 0.6 is 11.3 Å². The maximum atomic E-state index is 13.3. The molecule has 0 saturated carbocycles. The number of rotatable bonds is 10. The number of carboxylic acids is 1. The SMILES string of the molecule is N=C(C(=O)O)/C(=C/c1ccc(C=C(c2ccc3c(c2)CCCN3c2ccccc2)c2ccc3c(c2)CCCN3c2ccccc2)s1)C(=O)Nc1ccccc1. The summed E-state index contributed by atoms with van der Waals surface area (Å²) in [5.74, 6) is -2.12. The molecule has 5 aromatic carbocycles. The molecule has 2 aliphatic heterocycles. The largest absolute Gasteiger partial charge is 0.477 e. The van der Waals surface area contributed by atoms with Crippen molar-refractivity contribution in [3.05, 3.63) is 177 Å². The van der Waals surface area contributed by atoms with Crippen molar-refractivity contribution in [3.63, 3.8) is 0 Å². The van der Waals surface area contributed by atoms with Gasteiger partial charge in [-0.05, 0) is 138 Å². The van der Waals surface area contributed by atoms with E-state index in [0.29, 0.717) is 10.6 Å². The molecule has 7 nitrogen and oxygen atoms in total. The van der Waals surface area contributed by atoms with E-state index in [-0.39, 0.29) is 5.57 Å². The van der Waals surface area contributed by atoms with E-state index in [9.17, 15) is 14.7 Å². The molecule has 0 unspecified atom stereocenters. The van der Waals surface area contributed by atoms with Gasteiger partial charge in [0.05, 0.1) is 5.57 Å². The molecule has 0 saturated heterocycles. The minimum atomic E-state index is -1.47. The molecule has 0 radical (unpaired) electrons. The number of fused-ring (bicyclic) bond motifs is 2. The summed E-state index contributed by atoms with van der Waals surface area (Å²) in [6.45, 7) is 1.94. The number of hydrogen-bond acceptors (Lipinski definition) is 6. The van der Waals surface area contributed by atoms with Crippen LogP contribution in [-0.2, 0) is 22.4 Å². The van der Waals surface area contributed by atoms with Gasteiger partial charge < -0.3 is 20.2 Å². The third kappa shape index (κ3) is 7.77. The Bertz CT molecular complexity index is 2330. The number of anilines is 5. The number of aryl methyl sites for hydroxylation is 2. The smallest absolute Gasteiger partial charge is 0.354 e. The average Bonchev–Trinajstić information content (AvgIpc) is 3.68. The van der Waals surface area contributed by atoms with Gasteiger partial charge in [0.1, 0.15) is 0 Å². The number of thiophene rings is 1. The number of benzene rings is 5. The third-order valence-electron chi connectivity index (χ3n) is 10.1. The van der Waals surface area contributed by atoms with Crippen molar-refractivity contribution in [2.24, 2.45) is 0 Å². The highest BCUT2D eigenvalue weighted by Crippen LogP contribution is 2.40. The molecule has 8 heteroatoms. The van der Waals surface area contributed by atoms with Gasteiger partial charge in [0.15, 0.2) is 5.71 Å². The first-order valence-corrected chi connectivity index (χ1v) is 19.4. The summed E-state index contributed by atoms with van der Waals surface area (Å²) in [7, 11) is 0. The Morgan fingerprint density at radius 3 is 1.64 bits per heavy atom. The van der Waals surface area contributed by atoms with Crippen LogP contribution in [-0.4, -0.2) is 35.8 Å². The molecule has 272 valence electrons. The third-order valence-corrected chi connectivity index (χ3v) is 11.1. The molecule has 1 amide bonds. The van der Waals surface area contributed by atoms with Crippen molar-refractivity contribution < 1.29 is 14.7 Å². The number of amides is 1. The maximum absolute atomic E-state index is 13.3. The van der Waals surface area contributed by atoms with Gasteiger partial charge in [0.25, 0.3) is 5.91 Å². The van der Waals surface area contributed by atoms with Crippen molar-refractivity contribution >= 4 is 75.1 Å². The Morgan fingerprint density at radius 2 is 1.13 bits per heavy atom. The molecule has 2 aliphatic rings. The summed E-state index contributed by atoms with van der Waals surface area (Å²) in [6, 6.07) is 47.4. The number of carboxylic acid groups (broad SMARTS) is 1. The molecule has 55 heavy (non-hydrogen) atoms. The van der Waals surface area contributed by atoms with Gasteiger partial charge in [-0.1, -0.05) is 66.7 Å². The molecule has 6 aromatic rings. The van der Waals surface area contributed by atoms with Crippen molar-refractivity contribution in [1.29, 1.82) is 5.41 Å². The Hall–Kier alpha value is -6.51. The summed E-state index contributed by atoms with van der Waals surface area (Å²) < 4.78 is 0. The Morgan fingerprint density at radius 1 is 0.636 bits per heavy atom. The molecule has 0 bridgehead atoms. The predicted molar refractivity (Wildman–Crippen MR) is 226 cm³/mol. The fourth-order valence-corrected chi connectivity index (χ4v) is 8.41. The van der Waals surface area contributed by atoms with Crippen LogP contribution in [0.25, 0.3) is 17.7 Å². The monoisotopic (exact) mass is 740 g/mol. The average molecular weight is 741 g/mol. The highest BCUT2D eigenvalue weighted by atomic mass is 32.1. The molecule has 3 N–H and O–H groups in total. The summed E-state index contributed by atoms with van der Waals surface area (Å²) in [5, 5.41) is 20.7. The molecular formula is C47H40N4O3S. The molecule has 1 aromatic heterocycles. The van der Waals surface area contributed by atoms with Crippen molar-refractivity contribution in [2.45, 2.75) is 25.7 Å². The minimum Gasteiger partial charge on any atom is -0.477 e. The lowest BCUT2D eigenvalue weighted by Crippen LogP contribution is -2.25. The number of para-hydroxylation sites is 3. The van der Waals surface area contributed by atoms with E-state index < -0.39 is 17.6 Å². The van der Waals surface area contributed by atoms with Gasteiger partial charge >= 0.3 is 5.97 Å². The number of aliphatic carboxylic acids is 1.